The number of nitrogens with one attached hydrogen (secondary N) is 2. The molecule has 5 N–H and O–H groups in total. The van der Waals surface area contributed by atoms with Gasteiger partial charge in [0.25, 0.3) is 0 Å². The zero-order valence-electron chi connectivity index (χ0n) is 17.6. The number of allylic oxidation sites excluding steroid dienone is 2. The molecule has 1 saturated carbocycles. The first-order valence-corrected chi connectivity index (χ1v) is 12.0. The fraction of sp³-hybridized carbons (Fsp3) is 0.857. The van der Waals surface area contributed by atoms with Crippen LogP contribution in [0.15, 0.2) is 11.6 Å². The average molecular weight is 429 g/mol. The maximum Gasteiger partial charge on any atom is 0.237 e. The summed E-state index contributed by atoms with van der Waals surface area (Å²) in [5.41, 5.74) is 0.899. The summed E-state index contributed by atoms with van der Waals surface area (Å²) >= 11 is 1.28. The Hall–Kier alpha value is -0.640. The van der Waals surface area contributed by atoms with E-state index in [4.69, 9.17) is 4.74 Å². The third kappa shape index (κ3) is 5.35. The highest BCUT2D eigenvalue weighted by Gasteiger charge is 2.47. The standard InChI is InChI=1S/C21H36N2O5S/c1-11(2)15(19-17(25)16(24)18(26)21(28-19)29-3)23-20(27)14-9-13(10-22-14)8-7-12-5-4-6-12/h7,11,13-19,21-22,24-26H,4-6,8-10H2,1-3H3,(H,23,27)/t13-,14+,15-,16+,17-,18-,19?,21-/m1/s1. The van der Waals surface area contributed by atoms with E-state index < -0.39 is 35.9 Å². The smallest absolute Gasteiger partial charge is 0.237 e. The van der Waals surface area contributed by atoms with Gasteiger partial charge in [-0.3, -0.25) is 4.79 Å². The zero-order chi connectivity index (χ0) is 21.1. The van der Waals surface area contributed by atoms with E-state index in [9.17, 15) is 20.1 Å². The van der Waals surface area contributed by atoms with Gasteiger partial charge in [0.2, 0.25) is 5.91 Å². The van der Waals surface area contributed by atoms with Crippen molar-refractivity contribution < 1.29 is 24.9 Å². The van der Waals surface area contributed by atoms with E-state index >= 15 is 0 Å². The molecule has 0 aromatic rings. The molecule has 166 valence electrons. The lowest BCUT2D eigenvalue weighted by molar-refractivity contribution is -0.208. The van der Waals surface area contributed by atoms with Crippen LogP contribution in [0.25, 0.3) is 0 Å². The lowest BCUT2D eigenvalue weighted by atomic mass is 9.88. The summed E-state index contributed by atoms with van der Waals surface area (Å²) in [6, 6.07) is -0.721. The normalized spacial score (nSPS) is 38.6. The molecule has 3 fully saturated rings. The Labute approximate surface area is 177 Å². The maximum atomic E-state index is 12.9. The third-order valence-electron chi connectivity index (χ3n) is 6.49. The largest absolute Gasteiger partial charge is 0.388 e. The van der Waals surface area contributed by atoms with Gasteiger partial charge in [-0.2, -0.15) is 0 Å². The second-order valence-corrected chi connectivity index (χ2v) is 9.91. The van der Waals surface area contributed by atoms with Gasteiger partial charge in [0.15, 0.2) is 0 Å². The van der Waals surface area contributed by atoms with Gasteiger partial charge in [0.1, 0.15) is 29.9 Å². The van der Waals surface area contributed by atoms with Crippen LogP contribution in [0.3, 0.4) is 0 Å². The van der Waals surface area contributed by atoms with Crippen molar-refractivity contribution in [3.05, 3.63) is 11.6 Å². The molecule has 1 unspecified atom stereocenters. The van der Waals surface area contributed by atoms with Crippen LogP contribution in [0.1, 0.15) is 46.0 Å². The first kappa shape index (κ1) is 23.0. The van der Waals surface area contributed by atoms with Crippen LogP contribution in [-0.2, 0) is 9.53 Å². The molecule has 3 rings (SSSR count). The Morgan fingerprint density at radius 3 is 2.59 bits per heavy atom. The highest BCUT2D eigenvalue weighted by Crippen LogP contribution is 2.31. The van der Waals surface area contributed by atoms with E-state index in [0.29, 0.717) is 5.92 Å². The number of hydrogen-bond donors (Lipinski definition) is 5. The zero-order valence-corrected chi connectivity index (χ0v) is 18.4. The van der Waals surface area contributed by atoms with Gasteiger partial charge in [-0.05, 0) is 56.7 Å². The number of aliphatic hydroxyl groups excluding tert-OH is 3. The molecule has 3 aliphatic rings. The second kappa shape index (κ2) is 10.1. The molecular formula is C21H36N2O5S. The predicted octanol–water partition coefficient (Wildman–Crippen LogP) is 0.776. The van der Waals surface area contributed by atoms with E-state index in [2.05, 4.69) is 16.7 Å². The fourth-order valence-corrected chi connectivity index (χ4v) is 5.04. The number of hydrogen-bond acceptors (Lipinski definition) is 7. The Balaban J connectivity index is 1.59. The van der Waals surface area contributed by atoms with Crippen LogP contribution < -0.4 is 10.6 Å². The van der Waals surface area contributed by atoms with E-state index in [0.717, 1.165) is 19.4 Å². The number of ether oxygens (including phenoxy) is 1. The summed E-state index contributed by atoms with van der Waals surface area (Å²) in [5, 5.41) is 37.2. The molecule has 1 amide bonds. The van der Waals surface area contributed by atoms with Gasteiger partial charge >= 0.3 is 0 Å². The van der Waals surface area contributed by atoms with Crippen molar-refractivity contribution in [2.45, 2.75) is 87.9 Å². The summed E-state index contributed by atoms with van der Waals surface area (Å²) in [4.78, 5) is 12.9. The SMILES string of the molecule is CS[C@H]1OC([C@H](NC(=O)[C@@H]2C[C@@H](CC=C3CCC3)CN2)C(C)C)[C@H](O)[C@H](O)[C@H]1O. The lowest BCUT2D eigenvalue weighted by Crippen LogP contribution is -2.64. The number of aliphatic hydroxyl groups is 3. The predicted molar refractivity (Wildman–Crippen MR) is 113 cm³/mol. The molecule has 0 radical (unpaired) electrons. The Morgan fingerprint density at radius 2 is 2.00 bits per heavy atom. The first-order valence-electron chi connectivity index (χ1n) is 10.8. The van der Waals surface area contributed by atoms with Crippen molar-refractivity contribution in [2.24, 2.45) is 11.8 Å². The second-order valence-electron chi connectivity index (χ2n) is 8.97. The van der Waals surface area contributed by atoms with Crippen molar-refractivity contribution in [1.29, 1.82) is 0 Å². The summed E-state index contributed by atoms with van der Waals surface area (Å²) in [5.74, 6) is 0.356. The molecule has 2 heterocycles. The number of amides is 1. The third-order valence-corrected chi connectivity index (χ3v) is 7.35. The van der Waals surface area contributed by atoms with E-state index in [1.807, 2.05) is 13.8 Å². The van der Waals surface area contributed by atoms with Gasteiger partial charge in [0, 0.05) is 0 Å². The molecule has 2 aliphatic heterocycles. The summed E-state index contributed by atoms with van der Waals surface area (Å²) < 4.78 is 5.88. The van der Waals surface area contributed by atoms with Crippen molar-refractivity contribution in [1.82, 2.24) is 10.6 Å². The van der Waals surface area contributed by atoms with Crippen LogP contribution in [-0.4, -0.2) is 76.0 Å². The quantitative estimate of drug-likeness (QED) is 0.381. The first-order chi connectivity index (χ1) is 13.8. The molecule has 1 aliphatic carbocycles. The van der Waals surface area contributed by atoms with Gasteiger partial charge in [-0.25, -0.2) is 0 Å². The number of carbonyl (C=O) groups is 1. The van der Waals surface area contributed by atoms with Gasteiger partial charge in [-0.1, -0.05) is 25.5 Å². The van der Waals surface area contributed by atoms with E-state index in [1.165, 1.54) is 31.0 Å². The minimum Gasteiger partial charge on any atom is -0.388 e. The summed E-state index contributed by atoms with van der Waals surface area (Å²) in [6.07, 6.45) is 5.16. The van der Waals surface area contributed by atoms with Gasteiger partial charge in [0.05, 0.1) is 12.1 Å². The molecule has 0 aromatic heterocycles. The lowest BCUT2D eigenvalue weighted by Gasteiger charge is -2.44. The Bertz CT molecular complexity index is 594. The Morgan fingerprint density at radius 1 is 1.28 bits per heavy atom. The van der Waals surface area contributed by atoms with E-state index in [1.54, 1.807) is 11.8 Å². The molecule has 7 nitrogen and oxygen atoms in total. The maximum absolute atomic E-state index is 12.9. The Kier molecular flexibility index (Phi) is 8.03. The topological polar surface area (TPSA) is 111 Å². The fourth-order valence-electron chi connectivity index (χ4n) is 4.36. The average Bonchev–Trinajstić information content (AvgIpc) is 3.12. The number of rotatable bonds is 7. The van der Waals surface area contributed by atoms with Crippen molar-refractivity contribution in [3.8, 4) is 0 Å². The van der Waals surface area contributed by atoms with Crippen LogP contribution in [0.2, 0.25) is 0 Å². The molecular weight excluding hydrogens is 392 g/mol. The monoisotopic (exact) mass is 428 g/mol. The van der Waals surface area contributed by atoms with Crippen LogP contribution in [0.5, 0.6) is 0 Å². The van der Waals surface area contributed by atoms with Crippen molar-refractivity contribution >= 4 is 17.7 Å². The van der Waals surface area contributed by atoms with Gasteiger partial charge in [-0.15, -0.1) is 11.8 Å². The van der Waals surface area contributed by atoms with E-state index in [-0.39, 0.29) is 17.9 Å². The molecule has 8 atom stereocenters. The highest BCUT2D eigenvalue weighted by molar-refractivity contribution is 7.99. The summed E-state index contributed by atoms with van der Waals surface area (Å²) in [6.45, 7) is 4.72. The van der Waals surface area contributed by atoms with Crippen molar-refractivity contribution in [3.63, 3.8) is 0 Å². The summed E-state index contributed by atoms with van der Waals surface area (Å²) in [7, 11) is 0. The molecule has 0 bridgehead atoms. The van der Waals surface area contributed by atoms with Gasteiger partial charge < -0.3 is 30.7 Å². The minimum absolute atomic E-state index is 0.0101. The highest BCUT2D eigenvalue weighted by atomic mass is 32.2. The van der Waals surface area contributed by atoms with Crippen LogP contribution in [0, 0.1) is 11.8 Å². The van der Waals surface area contributed by atoms with Crippen molar-refractivity contribution in [2.75, 3.05) is 12.8 Å². The number of thioether (sulfide) groups is 1. The van der Waals surface area contributed by atoms with Crippen LogP contribution in [0.4, 0.5) is 0 Å². The number of carbonyl (C=O) groups excluding carboxylic acids is 1. The minimum atomic E-state index is -1.31. The molecule has 2 saturated heterocycles. The molecule has 0 spiro atoms. The molecule has 8 heteroatoms. The molecule has 29 heavy (non-hydrogen) atoms. The van der Waals surface area contributed by atoms with Crippen LogP contribution >= 0.6 is 11.8 Å². The molecule has 0 aromatic carbocycles.